The predicted molar refractivity (Wildman–Crippen MR) is 189 cm³/mol. The molecule has 0 radical (unpaired) electrons. The summed E-state index contributed by atoms with van der Waals surface area (Å²) in [5, 5.41) is 7.12. The van der Waals surface area contributed by atoms with Crippen molar-refractivity contribution < 1.29 is 19.1 Å². The van der Waals surface area contributed by atoms with Crippen molar-refractivity contribution in [1.82, 2.24) is 29.8 Å². The maximum Gasteiger partial charge on any atom is 0.410 e. The van der Waals surface area contributed by atoms with Crippen molar-refractivity contribution in [3.8, 4) is 0 Å². The number of likely N-dealkylation sites (tertiary alicyclic amines) is 1. The molecule has 2 N–H and O–H groups in total. The number of anilines is 1. The molecule has 13 heteroatoms. The van der Waals surface area contributed by atoms with E-state index in [2.05, 4.69) is 61.8 Å². The van der Waals surface area contributed by atoms with E-state index in [1.54, 1.807) is 17.1 Å². The predicted octanol–water partition coefficient (Wildman–Crippen LogP) is 7.44. The van der Waals surface area contributed by atoms with E-state index in [1.807, 2.05) is 54.9 Å². The van der Waals surface area contributed by atoms with Crippen molar-refractivity contribution >= 4 is 41.4 Å². The normalized spacial score (nSPS) is 22.7. The molecule has 1 aliphatic carbocycles. The summed E-state index contributed by atoms with van der Waals surface area (Å²) in [6.07, 6.45) is 9.08. The number of pyridine rings is 1. The van der Waals surface area contributed by atoms with Gasteiger partial charge in [-0.25, -0.2) is 9.78 Å². The van der Waals surface area contributed by atoms with Crippen LogP contribution in [0.1, 0.15) is 98.4 Å². The summed E-state index contributed by atoms with van der Waals surface area (Å²) < 4.78 is 16.4. The number of rotatable bonds is 12. The lowest BCUT2D eigenvalue weighted by molar-refractivity contribution is 0.0130. The monoisotopic (exact) mass is 701 g/mol. The number of aryl methyl sites for hydroxylation is 1. The summed E-state index contributed by atoms with van der Waals surface area (Å²) in [4.78, 5) is 32.0. The number of hydrogen-bond acceptors (Lipinski definition) is 9. The zero-order valence-electron chi connectivity index (χ0n) is 29.8. The summed E-state index contributed by atoms with van der Waals surface area (Å²) in [5.74, 6) is 1.27. The van der Waals surface area contributed by atoms with Crippen molar-refractivity contribution in [1.29, 1.82) is 0 Å². The second-order valence-corrected chi connectivity index (χ2v) is 17.2. The average Bonchev–Trinajstić information content (AvgIpc) is 3.57. The molecule has 48 heavy (non-hydrogen) atoms. The van der Waals surface area contributed by atoms with E-state index in [0.717, 1.165) is 44.2 Å². The topological polar surface area (TPSA) is 114 Å². The number of hydrogen-bond donors (Lipinski definition) is 2. The van der Waals surface area contributed by atoms with Crippen molar-refractivity contribution in [2.75, 3.05) is 18.2 Å². The Morgan fingerprint density at radius 3 is 2.50 bits per heavy atom. The van der Waals surface area contributed by atoms with E-state index in [-0.39, 0.29) is 34.5 Å². The highest BCUT2D eigenvalue weighted by Crippen LogP contribution is 2.69. The standard InChI is InChI=1S/C35H52ClN7O4S/c1-32(2,3)47-31(45)42-22-23(21-33(42,4)5)11-10-17-41-18-15-28(39-41)48-40-30(44)24-12-13-26(37-29(24)36)43-19-14-27(38-43)46-20-16-25-34(6,7)35(25,8)9/h12-15,18-19,23,25,27,38H,10-11,16-17,20-22H2,1-9H3,(H,40,44). The van der Waals surface area contributed by atoms with Crippen LogP contribution in [-0.4, -0.2) is 62.2 Å². The van der Waals surface area contributed by atoms with Crippen molar-refractivity contribution in [2.24, 2.45) is 22.7 Å². The van der Waals surface area contributed by atoms with Crippen LogP contribution in [0.25, 0.3) is 0 Å². The second-order valence-electron chi connectivity index (χ2n) is 16.0. The highest BCUT2D eigenvalue weighted by Gasteiger charge is 2.63. The number of carbonyl (C=O) groups excluding carboxylic acids is 2. The molecule has 3 aliphatic rings. The molecule has 0 spiro atoms. The van der Waals surface area contributed by atoms with Gasteiger partial charge in [-0.3, -0.25) is 19.2 Å². The Labute approximate surface area is 294 Å². The average molecular weight is 702 g/mol. The lowest BCUT2D eigenvalue weighted by atomic mass is 9.93. The molecule has 1 saturated carbocycles. The molecular weight excluding hydrogens is 650 g/mol. The molecule has 2 atom stereocenters. The minimum absolute atomic E-state index is 0.106. The van der Waals surface area contributed by atoms with Gasteiger partial charge in [0, 0.05) is 49.6 Å². The number of nitrogens with zero attached hydrogens (tertiary/aromatic N) is 5. The molecule has 2 aromatic heterocycles. The van der Waals surface area contributed by atoms with Gasteiger partial charge in [0.1, 0.15) is 27.8 Å². The molecule has 11 nitrogen and oxygen atoms in total. The minimum Gasteiger partial charge on any atom is -0.444 e. The lowest BCUT2D eigenvalue weighted by Crippen LogP contribution is -2.45. The third-order valence-electron chi connectivity index (χ3n) is 10.5. The molecule has 5 rings (SSSR count). The summed E-state index contributed by atoms with van der Waals surface area (Å²) >= 11 is 7.58. The van der Waals surface area contributed by atoms with Gasteiger partial charge in [0.15, 0.2) is 0 Å². The van der Waals surface area contributed by atoms with Gasteiger partial charge in [-0.15, -0.1) is 0 Å². The molecule has 1 saturated heterocycles. The summed E-state index contributed by atoms with van der Waals surface area (Å²) in [7, 11) is 0. The van der Waals surface area contributed by atoms with Gasteiger partial charge in [-0.2, -0.15) is 10.5 Å². The van der Waals surface area contributed by atoms with Crippen molar-refractivity contribution in [3.05, 3.63) is 47.4 Å². The lowest BCUT2D eigenvalue weighted by Gasteiger charge is -2.33. The van der Waals surface area contributed by atoms with Crippen LogP contribution in [0.3, 0.4) is 0 Å². The fraction of sp³-hybridized carbons (Fsp3) is 0.657. The smallest absolute Gasteiger partial charge is 0.410 e. The van der Waals surface area contributed by atoms with Crippen LogP contribution < -0.4 is 15.2 Å². The van der Waals surface area contributed by atoms with E-state index < -0.39 is 5.60 Å². The summed E-state index contributed by atoms with van der Waals surface area (Å²) in [5.41, 5.74) is 3.48. The minimum atomic E-state index is -0.512. The first kappa shape index (κ1) is 36.5. The van der Waals surface area contributed by atoms with E-state index in [0.29, 0.717) is 46.7 Å². The van der Waals surface area contributed by atoms with E-state index in [9.17, 15) is 9.59 Å². The van der Waals surface area contributed by atoms with Crippen LogP contribution in [0.5, 0.6) is 0 Å². The van der Waals surface area contributed by atoms with E-state index in [1.165, 1.54) is 0 Å². The number of carbonyl (C=O) groups is 2. The van der Waals surface area contributed by atoms with Crippen LogP contribution in [0, 0.1) is 22.7 Å². The summed E-state index contributed by atoms with van der Waals surface area (Å²) in [6.45, 7) is 21.3. The van der Waals surface area contributed by atoms with E-state index in [4.69, 9.17) is 21.1 Å². The fourth-order valence-corrected chi connectivity index (χ4v) is 7.97. The molecule has 2 fully saturated rings. The Morgan fingerprint density at radius 2 is 1.83 bits per heavy atom. The van der Waals surface area contributed by atoms with Crippen LogP contribution in [0.15, 0.2) is 41.7 Å². The Morgan fingerprint density at radius 1 is 1.10 bits per heavy atom. The van der Waals surface area contributed by atoms with E-state index >= 15 is 0 Å². The molecule has 2 aliphatic heterocycles. The number of ether oxygens (including phenoxy) is 2. The van der Waals surface area contributed by atoms with Crippen LogP contribution in [-0.2, 0) is 16.0 Å². The third-order valence-corrected chi connectivity index (χ3v) is 11.5. The molecule has 0 bridgehead atoms. The number of halogens is 1. The number of nitrogens with one attached hydrogen (secondary N) is 2. The van der Waals surface area contributed by atoms with Gasteiger partial charge >= 0.3 is 6.09 Å². The highest BCUT2D eigenvalue weighted by molar-refractivity contribution is 7.97. The molecule has 2 aromatic rings. The van der Waals surface area contributed by atoms with Gasteiger partial charge in [0.25, 0.3) is 5.91 Å². The number of aromatic nitrogens is 3. The Bertz CT molecular complexity index is 1500. The number of amides is 2. The molecule has 2 unspecified atom stereocenters. The SMILES string of the molecule is CC(C)(C)OC(=O)N1CC(CCCn2ccc(SNC(=O)c3ccc(N4C=CC(OCCC5C(C)(C)C5(C)C)N4)nc3Cl)n2)CC1(C)C. The number of hydrazine groups is 1. The van der Waals surface area contributed by atoms with Crippen LogP contribution in [0.2, 0.25) is 5.15 Å². The quantitative estimate of drug-likeness (QED) is 0.172. The summed E-state index contributed by atoms with van der Waals surface area (Å²) in [6, 6.07) is 5.27. The van der Waals surface area contributed by atoms with Gasteiger partial charge in [-0.1, -0.05) is 39.3 Å². The first-order chi connectivity index (χ1) is 22.4. The zero-order chi connectivity index (χ0) is 35.1. The largest absolute Gasteiger partial charge is 0.444 e. The second kappa shape index (κ2) is 13.8. The molecule has 2 amide bonds. The van der Waals surface area contributed by atoms with Crippen molar-refractivity contribution in [3.63, 3.8) is 0 Å². The van der Waals surface area contributed by atoms with Crippen LogP contribution >= 0.6 is 23.5 Å². The molecule has 264 valence electrons. The van der Waals surface area contributed by atoms with Gasteiger partial charge in [0.2, 0.25) is 0 Å². The molecule has 4 heterocycles. The van der Waals surface area contributed by atoms with Crippen LogP contribution in [0.4, 0.5) is 10.6 Å². The van der Waals surface area contributed by atoms with Crippen molar-refractivity contribution in [2.45, 2.75) is 117 Å². The third kappa shape index (κ3) is 8.31. The van der Waals surface area contributed by atoms with Gasteiger partial charge in [-0.05, 0) is 107 Å². The fourth-order valence-electron chi connectivity index (χ4n) is 7.15. The Balaban J connectivity index is 1.02. The first-order valence-corrected chi connectivity index (χ1v) is 18.1. The molecule has 0 aromatic carbocycles. The Hall–Kier alpha value is -2.80. The maximum absolute atomic E-state index is 12.9. The first-order valence-electron chi connectivity index (χ1n) is 16.9. The van der Waals surface area contributed by atoms with Gasteiger partial charge in [0.05, 0.1) is 5.56 Å². The highest BCUT2D eigenvalue weighted by atomic mass is 35.5. The Kier molecular flexibility index (Phi) is 10.5. The zero-order valence-corrected chi connectivity index (χ0v) is 31.4. The van der Waals surface area contributed by atoms with Gasteiger partial charge < -0.3 is 14.4 Å². The maximum atomic E-state index is 12.9. The molecular formula is C35H52ClN7O4S.